The highest BCUT2D eigenvalue weighted by Crippen LogP contribution is 2.34. The van der Waals surface area contributed by atoms with Crippen LogP contribution in [0.1, 0.15) is 26.5 Å². The largest absolute Gasteiger partial charge is 0.484 e. The molecule has 0 atom stereocenters. The molecule has 0 unspecified atom stereocenters. The molecule has 86 valence electrons. The molecule has 1 heterocycles. The first-order valence-corrected chi connectivity index (χ1v) is 5.41. The normalized spacial score (nSPS) is 12.0. The molecular weight excluding hydrogens is 202 g/mol. The van der Waals surface area contributed by atoms with E-state index in [2.05, 4.69) is 0 Å². The van der Waals surface area contributed by atoms with Crippen molar-refractivity contribution in [1.29, 1.82) is 0 Å². The SMILES string of the molecule is CC(C)(C)Oc1c(CN)oc2ccccc12. The quantitative estimate of drug-likeness (QED) is 0.844. The van der Waals surface area contributed by atoms with Crippen LogP contribution in [0.15, 0.2) is 28.7 Å². The van der Waals surface area contributed by atoms with Gasteiger partial charge in [-0.25, -0.2) is 0 Å². The Morgan fingerprint density at radius 2 is 1.94 bits per heavy atom. The van der Waals surface area contributed by atoms with Crippen LogP contribution in [0, 0.1) is 0 Å². The van der Waals surface area contributed by atoms with E-state index in [0.717, 1.165) is 16.7 Å². The molecule has 0 saturated heterocycles. The van der Waals surface area contributed by atoms with E-state index in [9.17, 15) is 0 Å². The zero-order valence-electron chi connectivity index (χ0n) is 9.91. The molecule has 0 bridgehead atoms. The van der Waals surface area contributed by atoms with Gasteiger partial charge in [-0.1, -0.05) is 12.1 Å². The Kier molecular flexibility index (Phi) is 2.64. The van der Waals surface area contributed by atoms with Gasteiger partial charge in [-0.2, -0.15) is 0 Å². The number of hydrogen-bond donors (Lipinski definition) is 1. The lowest BCUT2D eigenvalue weighted by Gasteiger charge is -2.21. The average Bonchev–Trinajstić information content (AvgIpc) is 2.55. The topological polar surface area (TPSA) is 48.4 Å². The first kappa shape index (κ1) is 11.0. The monoisotopic (exact) mass is 219 g/mol. The summed E-state index contributed by atoms with van der Waals surface area (Å²) in [7, 11) is 0. The number of benzene rings is 1. The smallest absolute Gasteiger partial charge is 0.170 e. The second-order valence-corrected chi connectivity index (χ2v) is 4.77. The maximum absolute atomic E-state index is 5.90. The minimum atomic E-state index is -0.253. The molecule has 0 amide bonds. The van der Waals surface area contributed by atoms with Gasteiger partial charge in [0.15, 0.2) is 11.5 Å². The summed E-state index contributed by atoms with van der Waals surface area (Å²) in [5.74, 6) is 1.47. The van der Waals surface area contributed by atoms with Crippen molar-refractivity contribution >= 4 is 11.0 Å². The maximum Gasteiger partial charge on any atom is 0.170 e. The van der Waals surface area contributed by atoms with E-state index in [-0.39, 0.29) is 5.60 Å². The van der Waals surface area contributed by atoms with E-state index in [4.69, 9.17) is 14.9 Å². The molecule has 0 fully saturated rings. The minimum Gasteiger partial charge on any atom is -0.484 e. The fourth-order valence-corrected chi connectivity index (χ4v) is 1.62. The van der Waals surface area contributed by atoms with Gasteiger partial charge in [-0.15, -0.1) is 0 Å². The van der Waals surface area contributed by atoms with Crippen LogP contribution in [0.2, 0.25) is 0 Å². The van der Waals surface area contributed by atoms with Crippen molar-refractivity contribution in [2.45, 2.75) is 32.9 Å². The third kappa shape index (κ3) is 2.04. The molecular formula is C13H17NO2. The van der Waals surface area contributed by atoms with Crippen LogP contribution < -0.4 is 10.5 Å². The van der Waals surface area contributed by atoms with Crippen LogP contribution in [0.3, 0.4) is 0 Å². The molecule has 1 aromatic heterocycles. The van der Waals surface area contributed by atoms with E-state index >= 15 is 0 Å². The van der Waals surface area contributed by atoms with Crippen molar-refractivity contribution < 1.29 is 9.15 Å². The molecule has 0 saturated carbocycles. The number of ether oxygens (including phenoxy) is 1. The Morgan fingerprint density at radius 1 is 1.25 bits per heavy atom. The van der Waals surface area contributed by atoms with Gasteiger partial charge in [-0.3, -0.25) is 0 Å². The lowest BCUT2D eigenvalue weighted by molar-refractivity contribution is 0.129. The van der Waals surface area contributed by atoms with Gasteiger partial charge in [-0.05, 0) is 32.9 Å². The third-order valence-corrected chi connectivity index (χ3v) is 2.21. The van der Waals surface area contributed by atoms with E-state index in [1.165, 1.54) is 0 Å². The molecule has 0 aliphatic heterocycles. The van der Waals surface area contributed by atoms with Gasteiger partial charge in [0.05, 0.1) is 11.9 Å². The Bertz CT molecular complexity index is 494. The van der Waals surface area contributed by atoms with Crippen molar-refractivity contribution in [3.05, 3.63) is 30.0 Å². The predicted molar refractivity (Wildman–Crippen MR) is 64.5 cm³/mol. The Balaban J connectivity index is 2.56. The first-order valence-electron chi connectivity index (χ1n) is 5.41. The number of para-hydroxylation sites is 1. The molecule has 2 aromatic rings. The van der Waals surface area contributed by atoms with Gasteiger partial charge in [0.1, 0.15) is 11.2 Å². The molecule has 0 aliphatic carbocycles. The molecule has 2 N–H and O–H groups in total. The second kappa shape index (κ2) is 3.83. The van der Waals surface area contributed by atoms with Gasteiger partial charge < -0.3 is 14.9 Å². The van der Waals surface area contributed by atoms with E-state index in [0.29, 0.717) is 12.3 Å². The molecule has 1 aromatic carbocycles. The summed E-state index contributed by atoms with van der Waals surface area (Å²) in [5, 5.41) is 0.984. The highest BCUT2D eigenvalue weighted by atomic mass is 16.5. The zero-order valence-corrected chi connectivity index (χ0v) is 9.91. The highest BCUT2D eigenvalue weighted by molar-refractivity contribution is 5.85. The van der Waals surface area contributed by atoms with Gasteiger partial charge >= 0.3 is 0 Å². The first-order chi connectivity index (χ1) is 7.51. The number of nitrogens with two attached hydrogens (primary N) is 1. The molecule has 0 radical (unpaired) electrons. The number of hydrogen-bond acceptors (Lipinski definition) is 3. The van der Waals surface area contributed by atoms with Crippen LogP contribution in [0.5, 0.6) is 5.75 Å². The summed E-state index contributed by atoms with van der Waals surface area (Å²) in [5.41, 5.74) is 6.23. The maximum atomic E-state index is 5.90. The Labute approximate surface area is 95.2 Å². The molecule has 3 heteroatoms. The summed E-state index contributed by atoms with van der Waals surface area (Å²) in [6.07, 6.45) is 0. The van der Waals surface area contributed by atoms with Crippen LogP contribution in [-0.4, -0.2) is 5.60 Å². The van der Waals surface area contributed by atoms with Crippen molar-refractivity contribution in [1.82, 2.24) is 0 Å². The summed E-state index contributed by atoms with van der Waals surface area (Å²) in [4.78, 5) is 0. The van der Waals surface area contributed by atoms with E-state index in [1.807, 2.05) is 45.0 Å². The third-order valence-electron chi connectivity index (χ3n) is 2.21. The lowest BCUT2D eigenvalue weighted by Crippen LogP contribution is -2.23. The molecule has 0 spiro atoms. The van der Waals surface area contributed by atoms with Crippen molar-refractivity contribution in [3.63, 3.8) is 0 Å². The average molecular weight is 219 g/mol. The van der Waals surface area contributed by atoms with Crippen LogP contribution >= 0.6 is 0 Å². The minimum absolute atomic E-state index is 0.253. The predicted octanol–water partition coefficient (Wildman–Crippen LogP) is 3.07. The van der Waals surface area contributed by atoms with Crippen molar-refractivity contribution in [3.8, 4) is 5.75 Å². The van der Waals surface area contributed by atoms with Gasteiger partial charge in [0.2, 0.25) is 0 Å². The summed E-state index contributed by atoms with van der Waals surface area (Å²) >= 11 is 0. The summed E-state index contributed by atoms with van der Waals surface area (Å²) in [6.45, 7) is 6.37. The van der Waals surface area contributed by atoms with Crippen LogP contribution in [0.4, 0.5) is 0 Å². The van der Waals surface area contributed by atoms with Crippen LogP contribution in [0.25, 0.3) is 11.0 Å². The molecule has 2 rings (SSSR count). The Morgan fingerprint density at radius 3 is 2.56 bits per heavy atom. The number of furan rings is 1. The Hall–Kier alpha value is -1.48. The highest BCUT2D eigenvalue weighted by Gasteiger charge is 2.20. The molecule has 0 aliphatic rings. The number of rotatable bonds is 2. The van der Waals surface area contributed by atoms with Crippen molar-refractivity contribution in [2.24, 2.45) is 5.73 Å². The number of fused-ring (bicyclic) bond motifs is 1. The second-order valence-electron chi connectivity index (χ2n) is 4.77. The lowest BCUT2D eigenvalue weighted by atomic mass is 10.1. The molecule has 16 heavy (non-hydrogen) atoms. The zero-order chi connectivity index (χ0) is 11.8. The standard InChI is InChI=1S/C13H17NO2/c1-13(2,3)16-12-9-6-4-5-7-10(9)15-11(12)8-14/h4-7H,8,14H2,1-3H3. The van der Waals surface area contributed by atoms with Crippen molar-refractivity contribution in [2.75, 3.05) is 0 Å². The van der Waals surface area contributed by atoms with Crippen LogP contribution in [-0.2, 0) is 6.54 Å². The fraction of sp³-hybridized carbons (Fsp3) is 0.385. The van der Waals surface area contributed by atoms with Gasteiger partial charge in [0.25, 0.3) is 0 Å². The van der Waals surface area contributed by atoms with E-state index < -0.39 is 0 Å². The van der Waals surface area contributed by atoms with E-state index in [1.54, 1.807) is 0 Å². The van der Waals surface area contributed by atoms with Gasteiger partial charge in [0, 0.05) is 0 Å². The molecule has 3 nitrogen and oxygen atoms in total. The fourth-order valence-electron chi connectivity index (χ4n) is 1.62. The summed E-state index contributed by atoms with van der Waals surface area (Å²) in [6, 6.07) is 7.81. The summed E-state index contributed by atoms with van der Waals surface area (Å²) < 4.78 is 11.5.